The summed E-state index contributed by atoms with van der Waals surface area (Å²) in [6, 6.07) is 15.4. The minimum absolute atomic E-state index is 0.0612. The van der Waals surface area contributed by atoms with Gasteiger partial charge in [-0.25, -0.2) is 9.78 Å². The molecule has 1 amide bonds. The molecule has 0 N–H and O–H groups in total. The van der Waals surface area contributed by atoms with Crippen molar-refractivity contribution in [3.8, 4) is 0 Å². The van der Waals surface area contributed by atoms with Crippen LogP contribution in [0.2, 0.25) is 0 Å². The smallest absolute Gasteiger partial charge is 0.408 e. The maximum atomic E-state index is 12.7. The third-order valence-electron chi connectivity index (χ3n) is 5.31. The van der Waals surface area contributed by atoms with Crippen LogP contribution in [0.4, 0.5) is 5.13 Å². The summed E-state index contributed by atoms with van der Waals surface area (Å²) in [7, 11) is 0. The van der Waals surface area contributed by atoms with Crippen LogP contribution in [0.3, 0.4) is 0 Å². The molecule has 2 aromatic carbocycles. The fourth-order valence-corrected chi connectivity index (χ4v) is 4.75. The third kappa shape index (κ3) is 3.40. The van der Waals surface area contributed by atoms with Crippen molar-refractivity contribution in [2.75, 3.05) is 31.1 Å². The molecule has 2 aromatic heterocycles. The van der Waals surface area contributed by atoms with Gasteiger partial charge in [-0.15, -0.1) is 0 Å². The Labute approximate surface area is 170 Å². The Morgan fingerprint density at radius 3 is 2.62 bits per heavy atom. The van der Waals surface area contributed by atoms with Crippen molar-refractivity contribution in [3.63, 3.8) is 0 Å². The van der Waals surface area contributed by atoms with E-state index in [0.29, 0.717) is 25.2 Å². The first-order chi connectivity index (χ1) is 14.2. The number of anilines is 1. The highest BCUT2D eigenvalue weighted by Crippen LogP contribution is 2.29. The van der Waals surface area contributed by atoms with Gasteiger partial charge in [-0.2, -0.15) is 0 Å². The average molecular weight is 408 g/mol. The van der Waals surface area contributed by atoms with Gasteiger partial charge in [0.25, 0.3) is 0 Å². The summed E-state index contributed by atoms with van der Waals surface area (Å²) in [6.45, 7) is 3.18. The van der Waals surface area contributed by atoms with Crippen molar-refractivity contribution in [1.82, 2.24) is 14.5 Å². The van der Waals surface area contributed by atoms with E-state index in [1.54, 1.807) is 17.4 Å². The van der Waals surface area contributed by atoms with Crippen molar-refractivity contribution < 1.29 is 9.21 Å². The van der Waals surface area contributed by atoms with Crippen molar-refractivity contribution in [1.29, 1.82) is 0 Å². The summed E-state index contributed by atoms with van der Waals surface area (Å²) in [5, 5.41) is 1.01. The second-order valence-corrected chi connectivity index (χ2v) is 8.08. The van der Waals surface area contributed by atoms with Crippen LogP contribution in [-0.4, -0.2) is 46.5 Å². The highest BCUT2D eigenvalue weighted by Gasteiger charge is 2.23. The van der Waals surface area contributed by atoms with E-state index in [2.05, 4.69) is 11.0 Å². The first kappa shape index (κ1) is 17.9. The van der Waals surface area contributed by atoms with Crippen molar-refractivity contribution >= 4 is 43.7 Å². The molecular formula is C21H20N4O3S. The van der Waals surface area contributed by atoms with Crippen molar-refractivity contribution in [2.45, 2.75) is 13.0 Å². The Morgan fingerprint density at radius 2 is 1.79 bits per heavy atom. The predicted molar refractivity (Wildman–Crippen MR) is 114 cm³/mol. The highest BCUT2D eigenvalue weighted by atomic mass is 32.1. The van der Waals surface area contributed by atoms with Gasteiger partial charge in [-0.05, 0) is 24.3 Å². The largest absolute Gasteiger partial charge is 0.419 e. The maximum absolute atomic E-state index is 12.7. The molecule has 4 aromatic rings. The number of piperazine rings is 1. The van der Waals surface area contributed by atoms with E-state index in [9.17, 15) is 9.59 Å². The summed E-state index contributed by atoms with van der Waals surface area (Å²) in [4.78, 5) is 33.6. The van der Waals surface area contributed by atoms with Gasteiger partial charge in [0, 0.05) is 39.1 Å². The summed E-state index contributed by atoms with van der Waals surface area (Å²) < 4.78 is 7.95. The lowest BCUT2D eigenvalue weighted by atomic mass is 10.2. The Kier molecular flexibility index (Phi) is 4.55. The number of thiazole rings is 1. The van der Waals surface area contributed by atoms with Crippen LogP contribution in [0.1, 0.15) is 6.42 Å². The lowest BCUT2D eigenvalue weighted by Crippen LogP contribution is -2.49. The molecule has 0 spiro atoms. The zero-order valence-corrected chi connectivity index (χ0v) is 16.6. The third-order valence-corrected chi connectivity index (χ3v) is 6.41. The second kappa shape index (κ2) is 7.36. The van der Waals surface area contributed by atoms with Crippen LogP contribution < -0.4 is 10.7 Å². The first-order valence-corrected chi connectivity index (χ1v) is 10.5. The molecule has 8 heteroatoms. The lowest BCUT2D eigenvalue weighted by Gasteiger charge is -2.34. The van der Waals surface area contributed by atoms with Gasteiger partial charge in [0.2, 0.25) is 5.91 Å². The summed E-state index contributed by atoms with van der Waals surface area (Å²) in [5.74, 6) is -0.356. The van der Waals surface area contributed by atoms with Crippen LogP contribution in [0.5, 0.6) is 0 Å². The maximum Gasteiger partial charge on any atom is 0.419 e. The number of aryl methyl sites for hydroxylation is 1. The predicted octanol–water partition coefficient (Wildman–Crippen LogP) is 2.94. The van der Waals surface area contributed by atoms with E-state index < -0.39 is 5.76 Å². The van der Waals surface area contributed by atoms with Gasteiger partial charge in [0.05, 0.1) is 15.7 Å². The van der Waals surface area contributed by atoms with Crippen LogP contribution in [0, 0.1) is 0 Å². The molecule has 0 unspecified atom stereocenters. The van der Waals surface area contributed by atoms with Crippen LogP contribution in [-0.2, 0) is 11.3 Å². The van der Waals surface area contributed by atoms with E-state index in [1.165, 1.54) is 9.27 Å². The van der Waals surface area contributed by atoms with Gasteiger partial charge < -0.3 is 14.2 Å². The minimum atomic E-state index is -0.417. The van der Waals surface area contributed by atoms with Gasteiger partial charge in [0.15, 0.2) is 10.7 Å². The molecule has 3 heterocycles. The number of carbonyl (C=O) groups excluding carboxylic acids is 1. The monoisotopic (exact) mass is 408 g/mol. The number of rotatable bonds is 4. The molecule has 0 atom stereocenters. The van der Waals surface area contributed by atoms with Crippen LogP contribution in [0.15, 0.2) is 57.7 Å². The SMILES string of the molecule is O=C(CCn1c(=O)oc2ccccc21)N1CCN(c2nc3ccccc3s2)CC1. The fraction of sp³-hybridized carbons (Fsp3) is 0.286. The van der Waals surface area contributed by atoms with Gasteiger partial charge >= 0.3 is 5.76 Å². The molecule has 5 rings (SSSR count). The molecule has 0 saturated carbocycles. The van der Waals surface area contributed by atoms with Crippen molar-refractivity contribution in [2.24, 2.45) is 0 Å². The summed E-state index contributed by atoms with van der Waals surface area (Å²) in [6.07, 6.45) is 0.282. The average Bonchev–Trinajstić information content (AvgIpc) is 3.32. The summed E-state index contributed by atoms with van der Waals surface area (Å²) in [5.41, 5.74) is 2.30. The molecule has 0 radical (unpaired) electrons. The number of para-hydroxylation sites is 3. The van der Waals surface area contributed by atoms with Gasteiger partial charge in [0.1, 0.15) is 0 Å². The lowest BCUT2D eigenvalue weighted by molar-refractivity contribution is -0.131. The normalized spacial score (nSPS) is 14.8. The number of oxazole rings is 1. The van der Waals surface area contributed by atoms with Crippen LogP contribution in [0.25, 0.3) is 21.3 Å². The zero-order valence-electron chi connectivity index (χ0n) is 15.8. The number of benzene rings is 2. The number of aromatic nitrogens is 2. The molecule has 0 bridgehead atoms. The number of fused-ring (bicyclic) bond motifs is 2. The Morgan fingerprint density at radius 1 is 1.03 bits per heavy atom. The fourth-order valence-electron chi connectivity index (χ4n) is 3.73. The molecule has 1 saturated heterocycles. The molecule has 148 valence electrons. The van der Waals surface area contributed by atoms with E-state index >= 15 is 0 Å². The topological polar surface area (TPSA) is 71.6 Å². The van der Waals surface area contributed by atoms with E-state index in [4.69, 9.17) is 9.40 Å². The van der Waals surface area contributed by atoms with Crippen LogP contribution >= 0.6 is 11.3 Å². The Bertz CT molecular complexity index is 1200. The highest BCUT2D eigenvalue weighted by molar-refractivity contribution is 7.22. The standard InChI is InChI=1S/C21H20N4O3S/c26-19(9-10-25-16-6-2-3-7-17(16)28-21(25)27)23-11-13-24(14-12-23)20-22-15-5-1-4-8-18(15)29-20/h1-8H,9-14H2. The van der Waals surface area contributed by atoms with E-state index in [1.807, 2.05) is 41.3 Å². The quantitative estimate of drug-likeness (QED) is 0.519. The van der Waals surface area contributed by atoms with E-state index in [0.717, 1.165) is 29.3 Å². The Balaban J connectivity index is 1.21. The second-order valence-electron chi connectivity index (χ2n) is 7.07. The minimum Gasteiger partial charge on any atom is -0.408 e. The van der Waals surface area contributed by atoms with E-state index in [-0.39, 0.29) is 12.3 Å². The molecule has 1 fully saturated rings. The van der Waals surface area contributed by atoms with Gasteiger partial charge in [-0.3, -0.25) is 9.36 Å². The number of hydrogen-bond acceptors (Lipinski definition) is 6. The number of nitrogens with zero attached hydrogens (tertiary/aromatic N) is 4. The van der Waals surface area contributed by atoms with Crippen molar-refractivity contribution in [3.05, 3.63) is 59.1 Å². The molecule has 7 nitrogen and oxygen atoms in total. The number of amides is 1. The molecule has 0 aliphatic carbocycles. The Hall–Kier alpha value is -3.13. The molecule has 1 aliphatic rings. The number of hydrogen-bond donors (Lipinski definition) is 0. The van der Waals surface area contributed by atoms with Gasteiger partial charge in [-0.1, -0.05) is 35.6 Å². The molecule has 29 heavy (non-hydrogen) atoms. The molecular weight excluding hydrogens is 388 g/mol. The summed E-state index contributed by atoms with van der Waals surface area (Å²) >= 11 is 1.69. The zero-order chi connectivity index (χ0) is 19.8. The first-order valence-electron chi connectivity index (χ1n) is 9.66. The molecule has 1 aliphatic heterocycles. The number of carbonyl (C=O) groups is 1.